The van der Waals surface area contributed by atoms with Gasteiger partial charge >= 0.3 is 5.51 Å². The van der Waals surface area contributed by atoms with Gasteiger partial charge in [-0.1, -0.05) is 19.1 Å². The smallest absolute Gasteiger partial charge is 0.160 e. The van der Waals surface area contributed by atoms with Gasteiger partial charge in [0.1, 0.15) is 0 Å². The summed E-state index contributed by atoms with van der Waals surface area (Å²) >= 11 is -0.125. The average Bonchev–Trinajstić information content (AvgIpc) is 2.01. The number of thioether (sulfide) groups is 1. The summed E-state index contributed by atoms with van der Waals surface area (Å²) in [4.78, 5) is 0.131. The van der Waals surface area contributed by atoms with E-state index in [0.29, 0.717) is 6.42 Å². The number of alkyl halides is 3. The van der Waals surface area contributed by atoms with Gasteiger partial charge in [0.25, 0.3) is 0 Å². The summed E-state index contributed by atoms with van der Waals surface area (Å²) in [5.41, 5.74) is -3.42. The fraction of sp³-hybridized carbons (Fsp3) is 0.333. The molecule has 0 spiro atoms. The maximum absolute atomic E-state index is 11.9. The minimum Gasteiger partial charge on any atom is -0.160 e. The quantitative estimate of drug-likeness (QED) is 0.664. The Labute approximate surface area is 79.1 Å². The Kier molecular flexibility index (Phi) is 3.25. The molecule has 0 bridgehead atoms. The number of aryl methyl sites for hydroxylation is 1. The molecule has 71 valence electrons. The van der Waals surface area contributed by atoms with Gasteiger partial charge in [-0.3, -0.25) is 0 Å². The zero-order valence-electron chi connectivity index (χ0n) is 6.98. The molecule has 0 aliphatic heterocycles. The fourth-order valence-corrected chi connectivity index (χ4v) is 1.46. The van der Waals surface area contributed by atoms with E-state index in [2.05, 4.69) is 6.07 Å². The molecule has 0 unspecified atom stereocenters. The Morgan fingerprint density at radius 3 is 2.62 bits per heavy atom. The Morgan fingerprint density at radius 2 is 2.08 bits per heavy atom. The van der Waals surface area contributed by atoms with E-state index < -0.39 is 5.51 Å². The van der Waals surface area contributed by atoms with Crippen molar-refractivity contribution in [2.75, 3.05) is 0 Å². The van der Waals surface area contributed by atoms with E-state index in [9.17, 15) is 13.2 Å². The summed E-state index contributed by atoms with van der Waals surface area (Å²) in [7, 11) is 0. The van der Waals surface area contributed by atoms with Crippen LogP contribution in [0.3, 0.4) is 0 Å². The van der Waals surface area contributed by atoms with Crippen molar-refractivity contribution in [3.8, 4) is 0 Å². The third-order valence-electron chi connectivity index (χ3n) is 1.44. The summed E-state index contributed by atoms with van der Waals surface area (Å²) in [6, 6.07) is 7.49. The topological polar surface area (TPSA) is 0 Å². The van der Waals surface area contributed by atoms with Crippen LogP contribution in [0.25, 0.3) is 0 Å². The molecule has 1 aromatic rings. The lowest BCUT2D eigenvalue weighted by Gasteiger charge is -2.05. The third-order valence-corrected chi connectivity index (χ3v) is 2.12. The molecule has 0 saturated carbocycles. The van der Waals surface area contributed by atoms with Gasteiger partial charge in [-0.15, -0.1) is 0 Å². The van der Waals surface area contributed by atoms with Crippen LogP contribution < -0.4 is 0 Å². The molecule has 0 nitrogen and oxygen atoms in total. The molecule has 0 atom stereocenters. The van der Waals surface area contributed by atoms with Crippen LogP contribution in [0.1, 0.15) is 12.5 Å². The molecule has 0 heterocycles. The minimum absolute atomic E-state index is 0.125. The van der Waals surface area contributed by atoms with Crippen molar-refractivity contribution in [1.29, 1.82) is 0 Å². The zero-order valence-corrected chi connectivity index (χ0v) is 7.80. The predicted octanol–water partition coefficient (Wildman–Crippen LogP) is 3.66. The predicted molar refractivity (Wildman–Crippen MR) is 46.6 cm³/mol. The van der Waals surface area contributed by atoms with Crippen LogP contribution in [0.4, 0.5) is 13.2 Å². The van der Waals surface area contributed by atoms with Gasteiger partial charge in [0.05, 0.1) is 0 Å². The van der Waals surface area contributed by atoms with Gasteiger partial charge in [0, 0.05) is 11.0 Å². The van der Waals surface area contributed by atoms with Gasteiger partial charge in [0.15, 0.2) is 0 Å². The number of hydrogen-bond donors (Lipinski definition) is 0. The minimum atomic E-state index is -4.22. The second-order valence-corrected chi connectivity index (χ2v) is 3.55. The SMILES string of the molecule is CCc1[c]c(SC(F)(F)F)ccc1. The monoisotopic (exact) mass is 205 g/mol. The van der Waals surface area contributed by atoms with E-state index in [0.717, 1.165) is 5.56 Å². The van der Waals surface area contributed by atoms with Crippen molar-refractivity contribution in [2.45, 2.75) is 23.7 Å². The summed E-state index contributed by atoms with van der Waals surface area (Å²) in [5.74, 6) is 0. The maximum atomic E-state index is 11.9. The van der Waals surface area contributed by atoms with Crippen LogP contribution in [0, 0.1) is 6.07 Å². The molecule has 1 radical (unpaired) electrons. The van der Waals surface area contributed by atoms with Crippen molar-refractivity contribution in [3.05, 3.63) is 29.8 Å². The van der Waals surface area contributed by atoms with E-state index in [1.165, 1.54) is 6.07 Å². The van der Waals surface area contributed by atoms with E-state index >= 15 is 0 Å². The first-order valence-electron chi connectivity index (χ1n) is 3.78. The highest BCUT2D eigenvalue weighted by atomic mass is 32.2. The molecule has 0 aromatic heterocycles. The molecule has 0 amide bonds. The molecule has 1 aromatic carbocycles. The number of halogens is 3. The molecule has 0 N–H and O–H groups in total. The normalized spacial score (nSPS) is 11.7. The standard InChI is InChI=1S/C9H8F3S/c1-2-7-4-3-5-8(6-7)13-9(10,11)12/h3-5H,2H2,1H3. The third kappa shape index (κ3) is 3.72. The van der Waals surface area contributed by atoms with E-state index in [-0.39, 0.29) is 16.7 Å². The van der Waals surface area contributed by atoms with Gasteiger partial charge in [-0.25, -0.2) is 0 Å². The van der Waals surface area contributed by atoms with Gasteiger partial charge in [0.2, 0.25) is 0 Å². The second-order valence-electron chi connectivity index (χ2n) is 2.44. The van der Waals surface area contributed by atoms with Crippen LogP contribution in [-0.4, -0.2) is 5.51 Å². The molecule has 13 heavy (non-hydrogen) atoms. The first-order valence-corrected chi connectivity index (χ1v) is 4.60. The highest BCUT2D eigenvalue weighted by Gasteiger charge is 2.29. The van der Waals surface area contributed by atoms with Crippen LogP contribution in [0.5, 0.6) is 0 Å². The van der Waals surface area contributed by atoms with Crippen LogP contribution in [0.15, 0.2) is 23.1 Å². The molecule has 4 heteroatoms. The Bertz CT molecular complexity index is 280. The van der Waals surface area contributed by atoms with Crippen LogP contribution >= 0.6 is 11.8 Å². The second kappa shape index (κ2) is 4.05. The van der Waals surface area contributed by atoms with Gasteiger partial charge in [-0.2, -0.15) is 13.2 Å². The molecular weight excluding hydrogens is 197 g/mol. The lowest BCUT2D eigenvalue weighted by molar-refractivity contribution is -0.0328. The number of hydrogen-bond acceptors (Lipinski definition) is 1. The first-order chi connectivity index (χ1) is 6.01. The first kappa shape index (κ1) is 10.4. The van der Waals surface area contributed by atoms with Crippen molar-refractivity contribution in [3.63, 3.8) is 0 Å². The summed E-state index contributed by atoms with van der Waals surface area (Å²) < 4.78 is 35.8. The molecule has 0 aliphatic rings. The van der Waals surface area contributed by atoms with Crippen molar-refractivity contribution >= 4 is 11.8 Å². The van der Waals surface area contributed by atoms with Crippen molar-refractivity contribution in [2.24, 2.45) is 0 Å². The van der Waals surface area contributed by atoms with Gasteiger partial charge < -0.3 is 0 Å². The summed E-state index contributed by atoms with van der Waals surface area (Å²) in [6.45, 7) is 1.88. The van der Waals surface area contributed by atoms with E-state index in [1.807, 2.05) is 6.92 Å². The molecular formula is C9H8F3S. The highest BCUT2D eigenvalue weighted by molar-refractivity contribution is 8.00. The Balaban J connectivity index is 2.78. The Hall–Kier alpha value is -0.640. The summed E-state index contributed by atoms with van der Waals surface area (Å²) in [5, 5.41) is 0. The molecule has 0 saturated heterocycles. The fourth-order valence-electron chi connectivity index (χ4n) is 0.884. The lowest BCUT2D eigenvalue weighted by Crippen LogP contribution is -1.99. The average molecular weight is 205 g/mol. The van der Waals surface area contributed by atoms with Gasteiger partial charge in [-0.05, 0) is 29.8 Å². The van der Waals surface area contributed by atoms with E-state index in [4.69, 9.17) is 0 Å². The lowest BCUT2D eigenvalue weighted by atomic mass is 10.2. The van der Waals surface area contributed by atoms with Crippen molar-refractivity contribution < 1.29 is 13.2 Å². The van der Waals surface area contributed by atoms with Crippen LogP contribution in [0.2, 0.25) is 0 Å². The molecule has 0 aliphatic carbocycles. The Morgan fingerprint density at radius 1 is 1.38 bits per heavy atom. The maximum Gasteiger partial charge on any atom is 0.446 e. The largest absolute Gasteiger partial charge is 0.446 e. The highest BCUT2D eigenvalue weighted by Crippen LogP contribution is 2.36. The molecule has 0 fully saturated rings. The zero-order chi connectivity index (χ0) is 9.90. The summed E-state index contributed by atoms with van der Waals surface area (Å²) in [6.07, 6.45) is 0.701. The number of rotatable bonds is 2. The van der Waals surface area contributed by atoms with E-state index in [1.54, 1.807) is 12.1 Å². The molecule has 1 rings (SSSR count). The van der Waals surface area contributed by atoms with Crippen LogP contribution in [-0.2, 0) is 6.42 Å². The number of benzene rings is 1. The van der Waals surface area contributed by atoms with Crippen molar-refractivity contribution in [1.82, 2.24) is 0 Å².